The van der Waals surface area contributed by atoms with E-state index in [0.29, 0.717) is 12.0 Å². The average molecular weight is 386 g/mol. The summed E-state index contributed by atoms with van der Waals surface area (Å²) in [6.45, 7) is 1.23. The largest absolute Gasteiger partial charge is 0.493 e. The number of hydrogen-bond donors (Lipinski definition) is 2. The zero-order valence-corrected chi connectivity index (χ0v) is 16.9. The monoisotopic (exact) mass is 385 g/mol. The molecule has 1 aromatic rings. The van der Waals surface area contributed by atoms with E-state index >= 15 is 0 Å². The molecule has 0 amide bonds. The number of ether oxygens (including phenoxy) is 2. The van der Waals surface area contributed by atoms with Gasteiger partial charge in [0.2, 0.25) is 0 Å². The summed E-state index contributed by atoms with van der Waals surface area (Å²) in [5, 5.41) is 20.5. The first-order chi connectivity index (χ1) is 13.6. The Kier molecular flexibility index (Phi) is 4.27. The molecular weight excluding hydrogens is 354 g/mol. The second kappa shape index (κ2) is 6.48. The van der Waals surface area contributed by atoms with E-state index < -0.39 is 11.7 Å². The number of aliphatic hydroxyl groups is 2. The van der Waals surface area contributed by atoms with Crippen molar-refractivity contribution in [3.05, 3.63) is 35.4 Å². The van der Waals surface area contributed by atoms with Gasteiger partial charge in [-0.3, -0.25) is 0 Å². The van der Waals surface area contributed by atoms with E-state index in [1.807, 2.05) is 12.1 Å². The standard InChI is InChI=1S/C23H31NO4/c1-24-12-11-22-16-7-9-19(26)23(22,10-4-3-5-13-25)28-21-18(27-2)8-6-15(20(21)22)14-17(16)24/h6-9,16-17,19,25-26H,3-5,10-14H2,1-2H3/t16-,17+,19-,22-,23-/m0/s1. The number of likely N-dealkylation sites (N-methyl/N-ethyl adjacent to an activating group) is 1. The number of piperidine rings is 1. The lowest BCUT2D eigenvalue weighted by atomic mass is 9.48. The van der Waals surface area contributed by atoms with Gasteiger partial charge in [-0.2, -0.15) is 0 Å². The summed E-state index contributed by atoms with van der Waals surface area (Å²) in [5.74, 6) is 1.98. The molecule has 2 N–H and O–H groups in total. The molecule has 1 fully saturated rings. The van der Waals surface area contributed by atoms with Crippen molar-refractivity contribution in [3.63, 3.8) is 0 Å². The van der Waals surface area contributed by atoms with Crippen LogP contribution in [-0.2, 0) is 11.8 Å². The minimum Gasteiger partial charge on any atom is -0.493 e. The van der Waals surface area contributed by atoms with Gasteiger partial charge >= 0.3 is 0 Å². The van der Waals surface area contributed by atoms with Crippen LogP contribution in [0.4, 0.5) is 0 Å². The van der Waals surface area contributed by atoms with E-state index in [1.54, 1.807) is 7.11 Å². The van der Waals surface area contributed by atoms with Gasteiger partial charge in [0.1, 0.15) is 11.7 Å². The number of rotatable bonds is 6. The molecule has 5 atom stereocenters. The van der Waals surface area contributed by atoms with Crippen molar-refractivity contribution in [3.8, 4) is 11.5 Å². The molecule has 0 unspecified atom stereocenters. The van der Waals surface area contributed by atoms with Crippen LogP contribution >= 0.6 is 0 Å². The number of hydrogen-bond acceptors (Lipinski definition) is 5. The Hall–Kier alpha value is -1.56. The number of methoxy groups -OCH3 is 1. The number of likely N-dealkylation sites (tertiary alicyclic amines) is 1. The predicted molar refractivity (Wildman–Crippen MR) is 107 cm³/mol. The van der Waals surface area contributed by atoms with Crippen LogP contribution in [0.25, 0.3) is 0 Å². The molecule has 1 spiro atoms. The quantitative estimate of drug-likeness (QED) is 0.582. The highest BCUT2D eigenvalue weighted by molar-refractivity contribution is 5.64. The number of benzene rings is 1. The molecule has 5 rings (SSSR count). The minimum atomic E-state index is -0.645. The molecule has 0 saturated carbocycles. The number of aliphatic hydroxyl groups excluding tert-OH is 2. The first-order valence-electron chi connectivity index (χ1n) is 10.7. The zero-order chi connectivity index (χ0) is 19.5. The van der Waals surface area contributed by atoms with Crippen molar-refractivity contribution in [2.45, 2.75) is 61.7 Å². The maximum Gasteiger partial charge on any atom is 0.166 e. The molecular formula is C23H31NO4. The molecule has 5 heteroatoms. The lowest BCUT2D eigenvalue weighted by molar-refractivity contribution is -0.126. The van der Waals surface area contributed by atoms with E-state index in [-0.39, 0.29) is 12.0 Å². The van der Waals surface area contributed by atoms with Crippen molar-refractivity contribution in [1.82, 2.24) is 4.90 Å². The van der Waals surface area contributed by atoms with Crippen molar-refractivity contribution >= 4 is 0 Å². The first kappa shape index (κ1) is 18.5. The zero-order valence-electron chi connectivity index (χ0n) is 16.9. The summed E-state index contributed by atoms with van der Waals surface area (Å²) in [5.41, 5.74) is 1.80. The Labute approximate surface area is 166 Å². The van der Waals surface area contributed by atoms with Gasteiger partial charge in [0.25, 0.3) is 0 Å². The molecule has 5 nitrogen and oxygen atoms in total. The minimum absolute atomic E-state index is 0.199. The lowest BCUT2D eigenvalue weighted by Crippen LogP contribution is -2.71. The van der Waals surface area contributed by atoms with Crippen molar-refractivity contribution in [2.24, 2.45) is 5.92 Å². The van der Waals surface area contributed by atoms with Crippen molar-refractivity contribution in [2.75, 3.05) is 27.3 Å². The van der Waals surface area contributed by atoms with Gasteiger partial charge < -0.3 is 24.6 Å². The van der Waals surface area contributed by atoms with Crippen LogP contribution in [0, 0.1) is 5.92 Å². The Morgan fingerprint density at radius 2 is 2.11 bits per heavy atom. The maximum atomic E-state index is 11.3. The summed E-state index contributed by atoms with van der Waals surface area (Å²) in [6, 6.07) is 4.67. The molecule has 2 aliphatic carbocycles. The van der Waals surface area contributed by atoms with Gasteiger partial charge in [0.15, 0.2) is 11.5 Å². The van der Waals surface area contributed by atoms with Crippen LogP contribution in [0.5, 0.6) is 11.5 Å². The number of nitrogens with zero attached hydrogens (tertiary/aromatic N) is 1. The third kappa shape index (κ3) is 2.13. The molecule has 2 heterocycles. The van der Waals surface area contributed by atoms with Gasteiger partial charge in [-0.15, -0.1) is 0 Å². The Balaban J connectivity index is 1.70. The van der Waals surface area contributed by atoms with E-state index in [0.717, 1.165) is 56.6 Å². The summed E-state index contributed by atoms with van der Waals surface area (Å²) in [7, 11) is 3.92. The molecule has 0 radical (unpaired) electrons. The Bertz CT molecular complexity index is 808. The highest BCUT2D eigenvalue weighted by atomic mass is 16.5. The summed E-state index contributed by atoms with van der Waals surface area (Å²) in [6.07, 6.45) is 9.08. The number of unbranched alkanes of at least 4 members (excludes halogenated alkanes) is 2. The first-order valence-corrected chi connectivity index (χ1v) is 10.7. The third-order valence-electron chi connectivity index (χ3n) is 7.94. The molecule has 152 valence electrons. The van der Waals surface area contributed by atoms with Gasteiger partial charge in [-0.1, -0.05) is 24.6 Å². The van der Waals surface area contributed by atoms with Crippen LogP contribution in [0.2, 0.25) is 0 Å². The summed E-state index contributed by atoms with van der Waals surface area (Å²) in [4.78, 5) is 2.49. The van der Waals surface area contributed by atoms with E-state index in [1.165, 1.54) is 11.1 Å². The van der Waals surface area contributed by atoms with Gasteiger partial charge in [-0.25, -0.2) is 0 Å². The van der Waals surface area contributed by atoms with Crippen LogP contribution in [0.3, 0.4) is 0 Å². The molecule has 1 aromatic carbocycles. The van der Waals surface area contributed by atoms with Gasteiger partial charge in [0.05, 0.1) is 12.5 Å². The molecule has 2 bridgehead atoms. The third-order valence-corrected chi connectivity index (χ3v) is 7.94. The molecule has 2 aliphatic heterocycles. The average Bonchev–Trinajstić information content (AvgIpc) is 3.01. The summed E-state index contributed by atoms with van der Waals surface area (Å²) >= 11 is 0. The highest BCUT2D eigenvalue weighted by Crippen LogP contribution is 2.67. The van der Waals surface area contributed by atoms with Crippen LogP contribution in [-0.4, -0.2) is 60.2 Å². The molecule has 28 heavy (non-hydrogen) atoms. The second-order valence-corrected chi connectivity index (χ2v) is 8.99. The predicted octanol–water partition coefficient (Wildman–Crippen LogP) is 2.42. The fourth-order valence-corrected chi connectivity index (χ4v) is 6.69. The van der Waals surface area contributed by atoms with E-state index in [4.69, 9.17) is 9.47 Å². The Morgan fingerprint density at radius 1 is 1.25 bits per heavy atom. The fraction of sp³-hybridized carbons (Fsp3) is 0.652. The Morgan fingerprint density at radius 3 is 2.89 bits per heavy atom. The topological polar surface area (TPSA) is 62.2 Å². The van der Waals surface area contributed by atoms with Gasteiger partial charge in [-0.05, 0) is 57.3 Å². The molecule has 1 saturated heterocycles. The fourth-order valence-electron chi connectivity index (χ4n) is 6.69. The lowest BCUT2D eigenvalue weighted by Gasteiger charge is -2.61. The van der Waals surface area contributed by atoms with Crippen molar-refractivity contribution in [1.29, 1.82) is 0 Å². The highest BCUT2D eigenvalue weighted by Gasteiger charge is 2.71. The molecule has 0 aromatic heterocycles. The second-order valence-electron chi connectivity index (χ2n) is 8.99. The van der Waals surface area contributed by atoms with Crippen LogP contribution in [0.15, 0.2) is 24.3 Å². The smallest absolute Gasteiger partial charge is 0.166 e. The van der Waals surface area contributed by atoms with Crippen LogP contribution in [0.1, 0.15) is 43.2 Å². The normalized spacial score (nSPS) is 37.5. The van der Waals surface area contributed by atoms with Crippen molar-refractivity contribution < 1.29 is 19.7 Å². The summed E-state index contributed by atoms with van der Waals surface area (Å²) < 4.78 is 12.5. The van der Waals surface area contributed by atoms with E-state index in [9.17, 15) is 10.2 Å². The van der Waals surface area contributed by atoms with E-state index in [2.05, 4.69) is 24.1 Å². The SMILES string of the molecule is COc1ccc2c3c1O[C@@]1(CCCCCO)[C@@H](O)C=C[C@H]4[C@@H](C2)N(C)CC[C@@]341. The van der Waals surface area contributed by atoms with Gasteiger partial charge in [0, 0.05) is 24.1 Å². The van der Waals surface area contributed by atoms with Crippen LogP contribution < -0.4 is 9.47 Å². The maximum absolute atomic E-state index is 11.3. The molecule has 4 aliphatic rings.